The minimum atomic E-state index is 1.26. The second-order valence-corrected chi connectivity index (χ2v) is 18.0. The first kappa shape index (κ1) is 31.6. The van der Waals surface area contributed by atoms with Gasteiger partial charge < -0.3 is 0 Å². The topological polar surface area (TPSA) is 0 Å². The number of hydrogen-bond donors (Lipinski definition) is 0. The highest BCUT2D eigenvalue weighted by atomic mass is 32.1. The van der Waals surface area contributed by atoms with Crippen LogP contribution in [0, 0.1) is 13.8 Å². The van der Waals surface area contributed by atoms with E-state index in [1.807, 2.05) is 45.3 Å². The van der Waals surface area contributed by atoms with Gasteiger partial charge in [0, 0.05) is 82.1 Å². The molecule has 0 spiro atoms. The van der Waals surface area contributed by atoms with Gasteiger partial charge in [0.1, 0.15) is 0 Å². The van der Waals surface area contributed by atoms with Crippen LogP contribution in [0.4, 0.5) is 0 Å². The van der Waals surface area contributed by atoms with Crippen molar-refractivity contribution in [2.75, 3.05) is 0 Å². The van der Waals surface area contributed by atoms with Crippen LogP contribution >= 0.6 is 45.3 Å². The van der Waals surface area contributed by atoms with Gasteiger partial charge in [0.15, 0.2) is 0 Å². The van der Waals surface area contributed by atoms with Crippen LogP contribution in [-0.4, -0.2) is 0 Å². The van der Waals surface area contributed by atoms with Gasteiger partial charge in [0.25, 0.3) is 0 Å². The predicted molar refractivity (Wildman–Crippen MR) is 235 cm³/mol. The Morgan fingerprint density at radius 2 is 0.596 bits per heavy atom. The van der Waals surface area contributed by atoms with E-state index < -0.39 is 0 Å². The molecule has 4 heterocycles. The lowest BCUT2D eigenvalue weighted by Gasteiger charge is -2.14. The molecular formula is C48H32S4. The molecule has 0 aliphatic heterocycles. The number of hydrogen-bond acceptors (Lipinski definition) is 4. The Labute approximate surface area is 319 Å². The zero-order valence-corrected chi connectivity index (χ0v) is 31.9. The maximum absolute atomic E-state index is 2.42. The average Bonchev–Trinajstić information content (AvgIpc) is 3.98. The molecule has 0 aliphatic carbocycles. The van der Waals surface area contributed by atoms with Crippen molar-refractivity contribution in [2.24, 2.45) is 0 Å². The molecule has 0 amide bonds. The van der Waals surface area contributed by atoms with Crippen LogP contribution in [0.15, 0.2) is 146 Å². The van der Waals surface area contributed by atoms with Gasteiger partial charge in [-0.1, -0.05) is 121 Å². The molecule has 0 aliphatic rings. The molecule has 0 fully saturated rings. The minimum absolute atomic E-state index is 1.26. The van der Waals surface area contributed by atoms with E-state index in [4.69, 9.17) is 0 Å². The van der Waals surface area contributed by atoms with Gasteiger partial charge in [-0.25, -0.2) is 0 Å². The summed E-state index contributed by atoms with van der Waals surface area (Å²) in [7, 11) is 0. The molecule has 0 unspecified atom stereocenters. The Bertz CT molecular complexity index is 2730. The summed E-state index contributed by atoms with van der Waals surface area (Å²) in [6.45, 7) is 4.47. The summed E-state index contributed by atoms with van der Waals surface area (Å²) in [6, 6.07) is 53.4. The van der Waals surface area contributed by atoms with E-state index in [9.17, 15) is 0 Å². The monoisotopic (exact) mass is 736 g/mol. The van der Waals surface area contributed by atoms with Crippen LogP contribution in [-0.2, 0) is 0 Å². The fourth-order valence-corrected chi connectivity index (χ4v) is 12.2. The summed E-state index contributed by atoms with van der Waals surface area (Å²) in [4.78, 5) is 5.22. The van der Waals surface area contributed by atoms with Gasteiger partial charge >= 0.3 is 0 Å². The quantitative estimate of drug-likeness (QED) is 0.159. The van der Waals surface area contributed by atoms with Gasteiger partial charge in [-0.15, -0.1) is 45.3 Å². The van der Waals surface area contributed by atoms with Gasteiger partial charge in [-0.2, -0.15) is 0 Å². The molecule has 0 atom stereocenters. The molecule has 10 rings (SSSR count). The summed E-state index contributed by atoms with van der Waals surface area (Å²) in [5.74, 6) is 0. The standard InChI is InChI=1S/C48H32S4/c1-29-25-37-39-27-35(51-47(39)43(33-19-11-5-12-20-33)41(45(37)49-29)31-15-7-3-8-16-31)23-24-36-28-40-38-26-30(2)50-46(38)42(32-17-9-4-10-18-32)44(48(40)52-36)34-21-13-6-14-22-34/h3-28H,1-2H3/b24-23+. The highest BCUT2D eigenvalue weighted by Gasteiger charge is 2.23. The molecule has 248 valence electrons. The lowest BCUT2D eigenvalue weighted by atomic mass is 9.91. The van der Waals surface area contributed by atoms with Crippen molar-refractivity contribution in [1.82, 2.24) is 0 Å². The van der Waals surface area contributed by atoms with Gasteiger partial charge in [-0.05, 0) is 72.5 Å². The smallest absolute Gasteiger partial charge is 0.0440 e. The first-order valence-electron chi connectivity index (χ1n) is 17.5. The molecule has 10 aromatic rings. The number of rotatable bonds is 6. The summed E-state index contributed by atoms with van der Waals surface area (Å²) in [6.07, 6.45) is 4.68. The number of thiophene rings is 4. The Morgan fingerprint density at radius 1 is 0.327 bits per heavy atom. The third-order valence-corrected chi connectivity index (χ3v) is 14.2. The van der Waals surface area contributed by atoms with Crippen LogP contribution in [0.25, 0.3) is 97.0 Å². The summed E-state index contributed by atoms with van der Waals surface area (Å²) >= 11 is 7.63. The Hall–Kier alpha value is -5.10. The molecule has 4 aromatic heterocycles. The molecule has 0 saturated carbocycles. The van der Waals surface area contributed by atoms with Crippen LogP contribution in [0.2, 0.25) is 0 Å². The van der Waals surface area contributed by atoms with Gasteiger partial charge in [0.2, 0.25) is 0 Å². The third-order valence-electron chi connectivity index (χ3n) is 9.86. The van der Waals surface area contributed by atoms with E-state index in [0.29, 0.717) is 0 Å². The molecule has 0 N–H and O–H groups in total. The van der Waals surface area contributed by atoms with Crippen molar-refractivity contribution in [3.05, 3.63) is 165 Å². The fraction of sp³-hybridized carbons (Fsp3) is 0.0417. The maximum atomic E-state index is 2.42. The maximum Gasteiger partial charge on any atom is 0.0440 e. The molecule has 0 radical (unpaired) electrons. The molecule has 0 saturated heterocycles. The van der Waals surface area contributed by atoms with Crippen LogP contribution < -0.4 is 0 Å². The second kappa shape index (κ2) is 12.8. The molecule has 0 bridgehead atoms. The third kappa shape index (κ3) is 5.29. The fourth-order valence-electron chi connectivity index (χ4n) is 7.70. The lowest BCUT2D eigenvalue weighted by molar-refractivity contribution is 1.65. The molecule has 52 heavy (non-hydrogen) atoms. The summed E-state index contributed by atoms with van der Waals surface area (Å²) in [5.41, 5.74) is 10.4. The van der Waals surface area contributed by atoms with Crippen molar-refractivity contribution >= 4 is 97.8 Å². The number of fused-ring (bicyclic) bond motifs is 6. The largest absolute Gasteiger partial charge is 0.140 e. The van der Waals surface area contributed by atoms with Crippen molar-refractivity contribution < 1.29 is 0 Å². The Kier molecular flexibility index (Phi) is 7.81. The number of aryl methyl sites for hydroxylation is 2. The van der Waals surface area contributed by atoms with E-state index in [1.165, 1.54) is 104 Å². The highest BCUT2D eigenvalue weighted by Crippen LogP contribution is 2.52. The van der Waals surface area contributed by atoms with Crippen LogP contribution in [0.1, 0.15) is 19.5 Å². The van der Waals surface area contributed by atoms with E-state index in [0.717, 1.165) is 0 Å². The number of benzene rings is 6. The average molecular weight is 737 g/mol. The normalized spacial score (nSPS) is 12.0. The van der Waals surface area contributed by atoms with Crippen molar-refractivity contribution in [2.45, 2.75) is 13.8 Å². The molecule has 6 aromatic carbocycles. The van der Waals surface area contributed by atoms with E-state index in [1.54, 1.807) is 0 Å². The highest BCUT2D eigenvalue weighted by molar-refractivity contribution is 7.23. The zero-order chi connectivity index (χ0) is 34.8. The summed E-state index contributed by atoms with van der Waals surface area (Å²) in [5, 5.41) is 5.39. The minimum Gasteiger partial charge on any atom is -0.140 e. The van der Waals surface area contributed by atoms with E-state index in [2.05, 4.69) is 172 Å². The van der Waals surface area contributed by atoms with Gasteiger partial charge in [-0.3, -0.25) is 0 Å². The second-order valence-electron chi connectivity index (χ2n) is 13.3. The zero-order valence-electron chi connectivity index (χ0n) is 28.6. The van der Waals surface area contributed by atoms with E-state index in [-0.39, 0.29) is 0 Å². The molecule has 4 heteroatoms. The van der Waals surface area contributed by atoms with Crippen molar-refractivity contribution in [1.29, 1.82) is 0 Å². The lowest BCUT2D eigenvalue weighted by Crippen LogP contribution is -1.87. The van der Waals surface area contributed by atoms with Crippen molar-refractivity contribution in [3.8, 4) is 44.5 Å². The van der Waals surface area contributed by atoms with E-state index >= 15 is 0 Å². The first-order chi connectivity index (χ1) is 25.6. The molecular weight excluding hydrogens is 705 g/mol. The summed E-state index contributed by atoms with van der Waals surface area (Å²) < 4.78 is 5.43. The SMILES string of the molecule is Cc1cc2c(s1)c(-c1ccccc1)c(-c1ccccc1)c1sc(/C=C/c3cc4c(s3)c(-c3ccccc3)c(-c3ccccc3)c3sc(C)cc34)cc12. The van der Waals surface area contributed by atoms with Crippen molar-refractivity contribution in [3.63, 3.8) is 0 Å². The molecule has 0 nitrogen and oxygen atoms in total. The Morgan fingerprint density at radius 3 is 0.904 bits per heavy atom. The first-order valence-corrected chi connectivity index (χ1v) is 20.8. The van der Waals surface area contributed by atoms with Gasteiger partial charge in [0.05, 0.1) is 0 Å². The predicted octanol–water partition coefficient (Wildman–Crippen LogP) is 16.0. The Balaban J connectivity index is 1.19. The van der Waals surface area contributed by atoms with Crippen LogP contribution in [0.5, 0.6) is 0 Å². The van der Waals surface area contributed by atoms with Crippen LogP contribution in [0.3, 0.4) is 0 Å².